The highest BCUT2D eigenvalue weighted by Crippen LogP contribution is 2.34. The molecule has 2 aromatic rings. The summed E-state index contributed by atoms with van der Waals surface area (Å²) in [5.74, 6) is 1.04. The van der Waals surface area contributed by atoms with Crippen LogP contribution >= 0.6 is 27.3 Å². The Morgan fingerprint density at radius 3 is 2.10 bits per heavy atom. The molecule has 0 aromatic carbocycles. The third-order valence-corrected chi connectivity index (χ3v) is 5.01. The SMILES string of the molecule is CC(C)(C)c1nc(-c2nc(N)c(Br)c(C(C)(C)C)n2)cs1. The summed E-state index contributed by atoms with van der Waals surface area (Å²) >= 11 is 5.12. The number of hydrogen-bond donors (Lipinski definition) is 1. The van der Waals surface area contributed by atoms with Crippen molar-refractivity contribution in [3.05, 3.63) is 20.6 Å². The Balaban J connectivity index is 2.55. The van der Waals surface area contributed by atoms with Crippen LogP contribution in [0.3, 0.4) is 0 Å². The van der Waals surface area contributed by atoms with E-state index < -0.39 is 0 Å². The van der Waals surface area contributed by atoms with Crippen molar-refractivity contribution in [1.82, 2.24) is 15.0 Å². The number of halogens is 1. The lowest BCUT2D eigenvalue weighted by molar-refractivity contribution is 0.564. The van der Waals surface area contributed by atoms with Crippen LogP contribution in [0.5, 0.6) is 0 Å². The van der Waals surface area contributed by atoms with Crippen molar-refractivity contribution in [2.24, 2.45) is 0 Å². The van der Waals surface area contributed by atoms with Gasteiger partial charge in [-0.15, -0.1) is 11.3 Å². The molecule has 0 bridgehead atoms. The zero-order valence-corrected chi connectivity index (χ0v) is 15.7. The molecule has 0 saturated carbocycles. The van der Waals surface area contributed by atoms with E-state index in [-0.39, 0.29) is 10.8 Å². The second-order valence-corrected chi connectivity index (χ2v) is 8.78. The number of anilines is 1. The molecule has 21 heavy (non-hydrogen) atoms. The Bertz CT molecular complexity index is 665. The van der Waals surface area contributed by atoms with Gasteiger partial charge in [0.1, 0.15) is 11.5 Å². The number of rotatable bonds is 1. The van der Waals surface area contributed by atoms with Crippen LogP contribution in [0.4, 0.5) is 5.82 Å². The van der Waals surface area contributed by atoms with Crippen molar-refractivity contribution >= 4 is 33.1 Å². The van der Waals surface area contributed by atoms with Gasteiger partial charge in [0, 0.05) is 16.2 Å². The first-order valence-corrected chi connectivity index (χ1v) is 8.47. The number of nitrogen functional groups attached to an aromatic ring is 1. The molecule has 2 aromatic heterocycles. The minimum Gasteiger partial charge on any atom is -0.383 e. The van der Waals surface area contributed by atoms with E-state index in [1.165, 1.54) is 0 Å². The fourth-order valence-corrected chi connectivity index (χ4v) is 3.45. The van der Waals surface area contributed by atoms with Crippen LogP contribution in [0.25, 0.3) is 11.5 Å². The molecule has 0 unspecified atom stereocenters. The van der Waals surface area contributed by atoms with Gasteiger partial charge in [0.2, 0.25) is 0 Å². The first-order chi connectivity index (χ1) is 9.50. The van der Waals surface area contributed by atoms with Gasteiger partial charge in [0.15, 0.2) is 5.82 Å². The average Bonchev–Trinajstić information content (AvgIpc) is 2.80. The largest absolute Gasteiger partial charge is 0.383 e. The van der Waals surface area contributed by atoms with Crippen molar-refractivity contribution in [2.45, 2.75) is 52.4 Å². The minimum absolute atomic E-state index is 0.0245. The molecule has 0 spiro atoms. The van der Waals surface area contributed by atoms with E-state index in [0.717, 1.165) is 20.9 Å². The van der Waals surface area contributed by atoms with Gasteiger partial charge in [-0.3, -0.25) is 0 Å². The number of nitrogens with two attached hydrogens (primary N) is 1. The highest BCUT2D eigenvalue weighted by molar-refractivity contribution is 9.10. The van der Waals surface area contributed by atoms with E-state index in [2.05, 4.69) is 72.4 Å². The summed E-state index contributed by atoms with van der Waals surface area (Å²) in [5.41, 5.74) is 7.62. The highest BCUT2D eigenvalue weighted by atomic mass is 79.9. The molecule has 0 atom stereocenters. The predicted molar refractivity (Wildman–Crippen MR) is 92.7 cm³/mol. The van der Waals surface area contributed by atoms with E-state index >= 15 is 0 Å². The maximum atomic E-state index is 6.03. The number of aromatic nitrogens is 3. The van der Waals surface area contributed by atoms with Crippen molar-refractivity contribution in [3.8, 4) is 11.5 Å². The third-order valence-electron chi connectivity index (χ3n) is 2.96. The maximum absolute atomic E-state index is 6.03. The third kappa shape index (κ3) is 3.43. The number of hydrogen-bond acceptors (Lipinski definition) is 5. The summed E-state index contributed by atoms with van der Waals surface area (Å²) in [7, 11) is 0. The summed E-state index contributed by atoms with van der Waals surface area (Å²) in [6, 6.07) is 0. The summed E-state index contributed by atoms with van der Waals surface area (Å²) in [4.78, 5) is 13.7. The average molecular weight is 369 g/mol. The second kappa shape index (κ2) is 5.32. The first-order valence-electron chi connectivity index (χ1n) is 6.80. The van der Waals surface area contributed by atoms with Gasteiger partial charge in [0.05, 0.1) is 15.2 Å². The smallest absolute Gasteiger partial charge is 0.181 e. The van der Waals surface area contributed by atoms with Crippen LogP contribution in [0, 0.1) is 0 Å². The Morgan fingerprint density at radius 1 is 1.00 bits per heavy atom. The molecule has 2 rings (SSSR count). The Kier molecular flexibility index (Phi) is 4.14. The zero-order chi connectivity index (χ0) is 16.0. The normalized spacial score (nSPS) is 12.7. The monoisotopic (exact) mass is 368 g/mol. The van der Waals surface area contributed by atoms with Gasteiger partial charge in [-0.05, 0) is 15.9 Å². The van der Waals surface area contributed by atoms with Gasteiger partial charge in [-0.25, -0.2) is 15.0 Å². The van der Waals surface area contributed by atoms with Crippen LogP contribution in [0.2, 0.25) is 0 Å². The van der Waals surface area contributed by atoms with Crippen LogP contribution in [-0.4, -0.2) is 15.0 Å². The van der Waals surface area contributed by atoms with Crippen LogP contribution in [-0.2, 0) is 10.8 Å². The fraction of sp³-hybridized carbons (Fsp3) is 0.533. The summed E-state index contributed by atoms with van der Waals surface area (Å²) in [5, 5.41) is 3.07. The zero-order valence-electron chi connectivity index (χ0n) is 13.3. The second-order valence-electron chi connectivity index (χ2n) is 7.13. The molecular formula is C15H21BrN4S. The van der Waals surface area contributed by atoms with Crippen LogP contribution in [0.15, 0.2) is 9.85 Å². The number of nitrogens with zero attached hydrogens (tertiary/aromatic N) is 3. The van der Waals surface area contributed by atoms with Gasteiger partial charge in [-0.2, -0.15) is 0 Å². The van der Waals surface area contributed by atoms with E-state index in [9.17, 15) is 0 Å². The molecule has 2 N–H and O–H groups in total. The van der Waals surface area contributed by atoms with Crippen molar-refractivity contribution in [3.63, 3.8) is 0 Å². The van der Waals surface area contributed by atoms with Gasteiger partial charge < -0.3 is 5.73 Å². The van der Waals surface area contributed by atoms with Crippen LogP contribution < -0.4 is 5.73 Å². The minimum atomic E-state index is -0.118. The standard InChI is InChI=1S/C15H21BrN4S/c1-14(2,3)10-9(16)11(17)20-12(19-10)8-7-21-13(18-8)15(4,5)6/h7H,1-6H3,(H2,17,19,20). The topological polar surface area (TPSA) is 64.7 Å². The lowest BCUT2D eigenvalue weighted by atomic mass is 9.92. The van der Waals surface area contributed by atoms with E-state index in [0.29, 0.717) is 11.6 Å². The molecule has 0 fully saturated rings. The lowest BCUT2D eigenvalue weighted by Gasteiger charge is -2.20. The number of thiazole rings is 1. The fourth-order valence-electron chi connectivity index (χ4n) is 1.80. The van der Waals surface area contributed by atoms with Gasteiger partial charge in [-0.1, -0.05) is 41.5 Å². The molecular weight excluding hydrogens is 348 g/mol. The molecule has 114 valence electrons. The summed E-state index contributed by atoms with van der Waals surface area (Å²) < 4.78 is 0.769. The maximum Gasteiger partial charge on any atom is 0.181 e. The summed E-state index contributed by atoms with van der Waals surface area (Å²) in [6.07, 6.45) is 0. The van der Waals surface area contributed by atoms with Crippen molar-refractivity contribution < 1.29 is 0 Å². The lowest BCUT2D eigenvalue weighted by Crippen LogP contribution is -2.17. The first kappa shape index (κ1) is 16.4. The molecule has 0 aliphatic rings. The van der Waals surface area contributed by atoms with Gasteiger partial charge in [0.25, 0.3) is 0 Å². The molecule has 0 amide bonds. The molecule has 2 heterocycles. The quantitative estimate of drug-likeness (QED) is 0.802. The van der Waals surface area contributed by atoms with Crippen LogP contribution in [0.1, 0.15) is 52.2 Å². The highest BCUT2D eigenvalue weighted by Gasteiger charge is 2.24. The molecule has 6 heteroatoms. The molecule has 0 aliphatic carbocycles. The van der Waals surface area contributed by atoms with E-state index in [4.69, 9.17) is 5.73 Å². The predicted octanol–water partition coefficient (Wildman–Crippen LogP) is 4.54. The van der Waals surface area contributed by atoms with E-state index in [1.54, 1.807) is 11.3 Å². The Labute approximate surface area is 138 Å². The van der Waals surface area contributed by atoms with Gasteiger partial charge >= 0.3 is 0 Å². The Morgan fingerprint density at radius 2 is 1.62 bits per heavy atom. The summed E-state index contributed by atoms with van der Waals surface area (Å²) in [6.45, 7) is 12.7. The molecule has 4 nitrogen and oxygen atoms in total. The Hall–Kier alpha value is -1.01. The molecule has 0 aliphatic heterocycles. The molecule has 0 saturated heterocycles. The molecule has 0 radical (unpaired) electrons. The van der Waals surface area contributed by atoms with E-state index in [1.807, 2.05) is 5.38 Å². The van der Waals surface area contributed by atoms with Crippen molar-refractivity contribution in [2.75, 3.05) is 5.73 Å². The van der Waals surface area contributed by atoms with Crippen molar-refractivity contribution in [1.29, 1.82) is 0 Å².